The Morgan fingerprint density at radius 1 is 1.16 bits per heavy atom. The van der Waals surface area contributed by atoms with Crippen LogP contribution in [0.2, 0.25) is 0 Å². The Kier molecular flexibility index (Phi) is 6.95. The zero-order valence-electron chi connectivity index (χ0n) is 18.8. The van der Waals surface area contributed by atoms with Gasteiger partial charge in [-0.25, -0.2) is 8.42 Å². The van der Waals surface area contributed by atoms with E-state index in [9.17, 15) is 18.0 Å². The van der Waals surface area contributed by atoms with Crippen molar-refractivity contribution in [3.8, 4) is 5.75 Å². The number of carbonyl (C=O) groups is 2. The fourth-order valence-electron chi connectivity index (χ4n) is 4.55. The second-order valence-corrected chi connectivity index (χ2v) is 10.7. The van der Waals surface area contributed by atoms with E-state index < -0.39 is 21.6 Å². The second kappa shape index (κ2) is 9.16. The van der Waals surface area contributed by atoms with Crippen LogP contribution < -0.4 is 10.1 Å². The van der Waals surface area contributed by atoms with Gasteiger partial charge in [-0.15, -0.1) is 0 Å². The van der Waals surface area contributed by atoms with Crippen LogP contribution in [0.15, 0.2) is 29.2 Å². The van der Waals surface area contributed by atoms with E-state index in [1.807, 2.05) is 20.8 Å². The summed E-state index contributed by atoms with van der Waals surface area (Å²) in [5.74, 6) is 0.651. The Bertz CT molecular complexity index is 906. The lowest BCUT2D eigenvalue weighted by molar-refractivity contribution is -0.160. The molecule has 2 aliphatic heterocycles. The predicted octanol–water partition coefficient (Wildman–Crippen LogP) is 2.00. The molecule has 0 aromatic heterocycles. The normalized spacial score (nSPS) is 22.1. The number of nitrogens with one attached hydrogen (secondary N) is 1. The Morgan fingerprint density at radius 3 is 2.29 bits per heavy atom. The lowest BCUT2D eigenvalue weighted by atomic mass is 9.81. The maximum absolute atomic E-state index is 13.2. The average Bonchev–Trinajstić information content (AvgIpc) is 2.75. The van der Waals surface area contributed by atoms with E-state index in [0.29, 0.717) is 18.7 Å². The average molecular weight is 452 g/mol. The largest absolute Gasteiger partial charge is 0.497 e. The molecule has 2 amide bonds. The van der Waals surface area contributed by atoms with Gasteiger partial charge in [0.15, 0.2) is 0 Å². The van der Waals surface area contributed by atoms with E-state index in [2.05, 4.69) is 5.32 Å². The van der Waals surface area contributed by atoms with Crippen LogP contribution >= 0.6 is 0 Å². The van der Waals surface area contributed by atoms with Crippen molar-refractivity contribution in [2.75, 3.05) is 26.7 Å². The minimum Gasteiger partial charge on any atom is -0.497 e. The first-order valence-electron chi connectivity index (χ1n) is 10.9. The van der Waals surface area contributed by atoms with Crippen molar-refractivity contribution in [1.29, 1.82) is 0 Å². The van der Waals surface area contributed by atoms with Crippen molar-refractivity contribution >= 4 is 21.8 Å². The summed E-state index contributed by atoms with van der Waals surface area (Å²) in [6.07, 6.45) is 1.91. The van der Waals surface area contributed by atoms with Gasteiger partial charge in [0.2, 0.25) is 21.8 Å². The van der Waals surface area contributed by atoms with Crippen molar-refractivity contribution < 1.29 is 22.7 Å². The number of methoxy groups -OCH3 is 1. The van der Waals surface area contributed by atoms with Gasteiger partial charge in [-0.05, 0) is 55.9 Å². The van der Waals surface area contributed by atoms with Gasteiger partial charge in [-0.1, -0.05) is 20.8 Å². The van der Waals surface area contributed by atoms with Gasteiger partial charge >= 0.3 is 0 Å². The number of ether oxygens (including phenoxy) is 1. The number of hydrogen-bond acceptors (Lipinski definition) is 5. The molecule has 0 bridgehead atoms. The van der Waals surface area contributed by atoms with Crippen molar-refractivity contribution in [3.05, 3.63) is 24.3 Å². The Balaban J connectivity index is 1.80. The van der Waals surface area contributed by atoms with E-state index in [4.69, 9.17) is 4.74 Å². The molecule has 1 N–H and O–H groups in total. The summed E-state index contributed by atoms with van der Waals surface area (Å²) < 4.78 is 32.7. The molecule has 2 fully saturated rings. The van der Waals surface area contributed by atoms with Gasteiger partial charge in [0.25, 0.3) is 0 Å². The Morgan fingerprint density at radius 2 is 1.77 bits per heavy atom. The van der Waals surface area contributed by atoms with E-state index in [0.717, 1.165) is 6.42 Å². The van der Waals surface area contributed by atoms with Crippen molar-refractivity contribution in [1.82, 2.24) is 14.5 Å². The minimum absolute atomic E-state index is 0.0541. The van der Waals surface area contributed by atoms with Crippen LogP contribution in [0.1, 0.15) is 46.5 Å². The predicted molar refractivity (Wildman–Crippen MR) is 117 cm³/mol. The molecule has 172 valence electrons. The quantitative estimate of drug-likeness (QED) is 0.684. The maximum atomic E-state index is 13.2. The smallest absolute Gasteiger partial charge is 0.246 e. The molecule has 1 aromatic carbocycles. The minimum atomic E-state index is -3.69. The zero-order chi connectivity index (χ0) is 22.8. The fraction of sp³-hybridized carbons (Fsp3) is 0.636. The number of benzene rings is 1. The molecule has 1 aromatic rings. The van der Waals surface area contributed by atoms with Gasteiger partial charge in [0.1, 0.15) is 17.3 Å². The molecule has 1 spiro atoms. The Labute approximate surface area is 185 Å². The second-order valence-electron chi connectivity index (χ2n) is 8.76. The number of nitrogens with zero attached hydrogens (tertiary/aromatic N) is 2. The van der Waals surface area contributed by atoms with Crippen molar-refractivity contribution in [2.24, 2.45) is 5.92 Å². The number of piperazine rings is 1. The summed E-state index contributed by atoms with van der Waals surface area (Å²) in [5, 5.41) is 2.93. The molecule has 9 heteroatoms. The van der Waals surface area contributed by atoms with Gasteiger partial charge in [0.05, 0.1) is 12.0 Å². The Hall–Kier alpha value is -2.13. The number of sulfonamides is 1. The number of carbonyl (C=O) groups excluding carboxylic acids is 2. The molecule has 2 aliphatic rings. The van der Waals surface area contributed by atoms with Crippen LogP contribution in [-0.2, 0) is 19.6 Å². The molecule has 31 heavy (non-hydrogen) atoms. The fourth-order valence-corrected chi connectivity index (χ4v) is 5.99. The third-order valence-electron chi connectivity index (χ3n) is 6.21. The van der Waals surface area contributed by atoms with Gasteiger partial charge < -0.3 is 15.0 Å². The monoisotopic (exact) mass is 451 g/mol. The molecule has 1 unspecified atom stereocenters. The lowest BCUT2D eigenvalue weighted by Crippen LogP contribution is -2.73. The molecule has 3 rings (SSSR count). The topological polar surface area (TPSA) is 96.0 Å². The summed E-state index contributed by atoms with van der Waals surface area (Å²) >= 11 is 0. The summed E-state index contributed by atoms with van der Waals surface area (Å²) in [5.41, 5.74) is -0.980. The summed E-state index contributed by atoms with van der Waals surface area (Å²) in [4.78, 5) is 28.3. The van der Waals surface area contributed by atoms with Gasteiger partial charge in [-0.3, -0.25) is 9.59 Å². The highest BCUT2D eigenvalue weighted by Crippen LogP contribution is 2.35. The molecular formula is C22H33N3O5S. The van der Waals surface area contributed by atoms with Crippen LogP contribution in [0.5, 0.6) is 5.75 Å². The summed E-state index contributed by atoms with van der Waals surface area (Å²) in [6, 6.07) is 5.77. The van der Waals surface area contributed by atoms with Crippen molar-refractivity contribution in [3.63, 3.8) is 0 Å². The summed E-state index contributed by atoms with van der Waals surface area (Å²) in [7, 11) is -2.16. The first kappa shape index (κ1) is 23.5. The van der Waals surface area contributed by atoms with Crippen LogP contribution in [0.4, 0.5) is 0 Å². The molecule has 1 atom stereocenters. The number of amides is 2. The highest BCUT2D eigenvalue weighted by molar-refractivity contribution is 7.89. The maximum Gasteiger partial charge on any atom is 0.246 e. The lowest BCUT2D eigenvalue weighted by Gasteiger charge is -2.51. The van der Waals surface area contributed by atoms with Crippen LogP contribution in [-0.4, -0.2) is 67.8 Å². The molecule has 0 aliphatic carbocycles. The summed E-state index contributed by atoms with van der Waals surface area (Å²) in [6.45, 7) is 6.89. The molecule has 2 saturated heterocycles. The number of rotatable bonds is 7. The SMILES string of the molecule is CCCN1C(=O)C(CC(C)C)NC(=O)C12CCN(S(=O)(=O)c1ccc(OC)cc1)CC2. The highest BCUT2D eigenvalue weighted by Gasteiger charge is 2.54. The standard InChI is InChI=1S/C22H33N3O5S/c1-5-12-25-20(26)19(15-16(2)3)23-21(27)22(25)10-13-24(14-11-22)31(28,29)18-8-6-17(30-4)7-9-18/h6-9,16,19H,5,10-15H2,1-4H3,(H,23,27). The molecule has 0 radical (unpaired) electrons. The van der Waals surface area contributed by atoms with E-state index in [1.54, 1.807) is 17.0 Å². The van der Waals surface area contributed by atoms with Gasteiger partial charge in [-0.2, -0.15) is 4.31 Å². The third-order valence-corrected chi connectivity index (χ3v) is 8.12. The van der Waals surface area contributed by atoms with E-state index in [1.165, 1.54) is 23.5 Å². The molecular weight excluding hydrogens is 418 g/mol. The highest BCUT2D eigenvalue weighted by atomic mass is 32.2. The zero-order valence-corrected chi connectivity index (χ0v) is 19.6. The van der Waals surface area contributed by atoms with E-state index >= 15 is 0 Å². The molecule has 0 saturated carbocycles. The van der Waals surface area contributed by atoms with E-state index in [-0.39, 0.29) is 48.6 Å². The van der Waals surface area contributed by atoms with Crippen molar-refractivity contribution in [2.45, 2.75) is 62.9 Å². The van der Waals surface area contributed by atoms with Crippen LogP contribution in [0.25, 0.3) is 0 Å². The van der Waals surface area contributed by atoms with Crippen LogP contribution in [0.3, 0.4) is 0 Å². The third kappa shape index (κ3) is 4.43. The number of piperidine rings is 1. The first-order valence-corrected chi connectivity index (χ1v) is 12.4. The van der Waals surface area contributed by atoms with Crippen LogP contribution in [0, 0.1) is 5.92 Å². The molecule has 2 heterocycles. The van der Waals surface area contributed by atoms with Gasteiger partial charge in [0, 0.05) is 19.6 Å². The first-order chi connectivity index (χ1) is 14.7. The molecule has 8 nitrogen and oxygen atoms in total. The number of hydrogen-bond donors (Lipinski definition) is 1.